The number of hydrogen-bond donors (Lipinski definition) is 1. The van der Waals surface area contributed by atoms with E-state index < -0.39 is 0 Å². The Morgan fingerprint density at radius 3 is 2.58 bits per heavy atom. The molecule has 2 aromatic rings. The van der Waals surface area contributed by atoms with Crippen LogP contribution in [-0.4, -0.2) is 35.4 Å². The third kappa shape index (κ3) is 4.01. The number of aromatic nitrogens is 1. The maximum absolute atomic E-state index is 12.8. The average molecular weight is 323 g/mol. The van der Waals surface area contributed by atoms with Crippen molar-refractivity contribution in [1.29, 1.82) is 0 Å². The molecule has 126 valence electrons. The number of nitrogens with one attached hydrogen (secondary N) is 1. The van der Waals surface area contributed by atoms with Crippen molar-refractivity contribution in [3.63, 3.8) is 0 Å². The molecule has 0 spiro atoms. The van der Waals surface area contributed by atoms with E-state index in [1.807, 2.05) is 36.1 Å². The Kier molecular flexibility index (Phi) is 5.59. The second-order valence-corrected chi connectivity index (χ2v) is 6.34. The van der Waals surface area contributed by atoms with Gasteiger partial charge in [-0.15, -0.1) is 0 Å². The molecule has 1 aromatic carbocycles. The molecule has 1 amide bonds. The van der Waals surface area contributed by atoms with Crippen LogP contribution in [0.2, 0.25) is 0 Å². The lowest BCUT2D eigenvalue weighted by Gasteiger charge is -2.24. The van der Waals surface area contributed by atoms with Crippen molar-refractivity contribution in [2.24, 2.45) is 0 Å². The molecular weight excluding hydrogens is 298 g/mol. The maximum Gasteiger partial charge on any atom is 0.254 e. The van der Waals surface area contributed by atoms with Crippen LogP contribution in [-0.2, 0) is 6.54 Å². The van der Waals surface area contributed by atoms with E-state index in [-0.39, 0.29) is 5.91 Å². The van der Waals surface area contributed by atoms with Gasteiger partial charge in [0.25, 0.3) is 5.91 Å². The second kappa shape index (κ2) is 8.06. The van der Waals surface area contributed by atoms with Crippen LogP contribution in [0.5, 0.6) is 0 Å². The molecule has 0 bridgehead atoms. The molecule has 1 aromatic heterocycles. The molecule has 1 fully saturated rings. The minimum absolute atomic E-state index is 0.0858. The molecule has 1 aliphatic rings. The molecule has 0 radical (unpaired) electrons. The summed E-state index contributed by atoms with van der Waals surface area (Å²) in [6.45, 7) is 5.48. The fraction of sp³-hybridized carbons (Fsp3) is 0.400. The lowest BCUT2D eigenvalue weighted by molar-refractivity contribution is 0.0752. The standard InChI is InChI=1S/C20H25N3O/c1-2-23(15-16-9-12-21-13-10-16)20(24)18-7-5-17(6-8-18)19-4-3-11-22-14-19/h5-10,12-13,19,22H,2-4,11,14-15H2,1H3/t19-/m1/s1. The number of pyridine rings is 1. The molecule has 0 aliphatic carbocycles. The van der Waals surface area contributed by atoms with Gasteiger partial charge in [0.05, 0.1) is 0 Å². The Morgan fingerprint density at radius 1 is 1.21 bits per heavy atom. The summed E-state index contributed by atoms with van der Waals surface area (Å²) >= 11 is 0. The first-order valence-electron chi connectivity index (χ1n) is 8.76. The zero-order valence-corrected chi connectivity index (χ0v) is 14.2. The van der Waals surface area contributed by atoms with Crippen LogP contribution in [0.25, 0.3) is 0 Å². The van der Waals surface area contributed by atoms with E-state index in [2.05, 4.69) is 22.4 Å². The average Bonchev–Trinajstić information content (AvgIpc) is 2.67. The van der Waals surface area contributed by atoms with E-state index >= 15 is 0 Å². The first kappa shape index (κ1) is 16.7. The lowest BCUT2D eigenvalue weighted by atomic mass is 9.91. The zero-order valence-electron chi connectivity index (χ0n) is 14.2. The number of nitrogens with zero attached hydrogens (tertiary/aromatic N) is 2. The Morgan fingerprint density at radius 2 is 1.96 bits per heavy atom. The lowest BCUT2D eigenvalue weighted by Crippen LogP contribution is -2.30. The summed E-state index contributed by atoms with van der Waals surface area (Å²) in [6.07, 6.45) is 5.98. The Bertz CT molecular complexity index is 648. The van der Waals surface area contributed by atoms with Gasteiger partial charge in [0.2, 0.25) is 0 Å². The van der Waals surface area contributed by atoms with Gasteiger partial charge in [0, 0.05) is 37.6 Å². The number of amides is 1. The van der Waals surface area contributed by atoms with Gasteiger partial charge in [-0.2, -0.15) is 0 Å². The van der Waals surface area contributed by atoms with E-state index in [0.717, 1.165) is 24.2 Å². The van der Waals surface area contributed by atoms with Gasteiger partial charge >= 0.3 is 0 Å². The first-order valence-corrected chi connectivity index (χ1v) is 8.76. The van der Waals surface area contributed by atoms with E-state index in [1.54, 1.807) is 12.4 Å². The number of carbonyl (C=O) groups excluding carboxylic acids is 1. The molecule has 1 aliphatic heterocycles. The summed E-state index contributed by atoms with van der Waals surface area (Å²) in [5.41, 5.74) is 3.19. The number of rotatable bonds is 5. The van der Waals surface area contributed by atoms with E-state index in [9.17, 15) is 4.79 Å². The highest BCUT2D eigenvalue weighted by molar-refractivity contribution is 5.94. The quantitative estimate of drug-likeness (QED) is 0.919. The predicted octanol–water partition coefficient (Wildman–Crippen LogP) is 3.21. The number of piperidine rings is 1. The molecule has 0 unspecified atom stereocenters. The maximum atomic E-state index is 12.8. The fourth-order valence-corrected chi connectivity index (χ4v) is 3.25. The van der Waals surface area contributed by atoms with Crippen molar-refractivity contribution in [3.8, 4) is 0 Å². The Labute approximate surface area is 143 Å². The molecule has 2 heterocycles. The topological polar surface area (TPSA) is 45.2 Å². The van der Waals surface area contributed by atoms with E-state index in [1.165, 1.54) is 18.4 Å². The largest absolute Gasteiger partial charge is 0.335 e. The molecule has 1 N–H and O–H groups in total. The summed E-state index contributed by atoms with van der Waals surface area (Å²) in [5.74, 6) is 0.657. The molecule has 3 rings (SSSR count). The van der Waals surface area contributed by atoms with Crippen LogP contribution >= 0.6 is 0 Å². The van der Waals surface area contributed by atoms with Gasteiger partial charge in [-0.05, 0) is 67.6 Å². The molecule has 4 nitrogen and oxygen atoms in total. The third-order valence-electron chi connectivity index (χ3n) is 4.72. The van der Waals surface area contributed by atoms with Gasteiger partial charge in [-0.3, -0.25) is 9.78 Å². The highest BCUT2D eigenvalue weighted by atomic mass is 16.2. The Balaban J connectivity index is 1.68. The molecular formula is C20H25N3O. The minimum Gasteiger partial charge on any atom is -0.335 e. The minimum atomic E-state index is 0.0858. The van der Waals surface area contributed by atoms with Crippen LogP contribution in [0, 0.1) is 0 Å². The number of benzene rings is 1. The first-order chi connectivity index (χ1) is 11.8. The van der Waals surface area contributed by atoms with E-state index in [4.69, 9.17) is 0 Å². The summed E-state index contributed by atoms with van der Waals surface area (Å²) in [4.78, 5) is 18.7. The van der Waals surface area contributed by atoms with Crippen molar-refractivity contribution in [2.75, 3.05) is 19.6 Å². The molecule has 0 saturated carbocycles. The van der Waals surface area contributed by atoms with Crippen molar-refractivity contribution in [2.45, 2.75) is 32.2 Å². The molecule has 24 heavy (non-hydrogen) atoms. The third-order valence-corrected chi connectivity index (χ3v) is 4.72. The molecule has 1 atom stereocenters. The van der Waals surface area contributed by atoms with Crippen molar-refractivity contribution in [1.82, 2.24) is 15.2 Å². The highest BCUT2D eigenvalue weighted by Gasteiger charge is 2.17. The van der Waals surface area contributed by atoms with Gasteiger partial charge < -0.3 is 10.2 Å². The smallest absolute Gasteiger partial charge is 0.254 e. The highest BCUT2D eigenvalue weighted by Crippen LogP contribution is 2.23. The Hall–Kier alpha value is -2.20. The fourth-order valence-electron chi connectivity index (χ4n) is 3.25. The van der Waals surface area contributed by atoms with Crippen LogP contribution in [0.1, 0.15) is 47.2 Å². The molecule has 1 saturated heterocycles. The predicted molar refractivity (Wildman–Crippen MR) is 95.9 cm³/mol. The van der Waals surface area contributed by atoms with Crippen molar-refractivity contribution in [3.05, 3.63) is 65.5 Å². The van der Waals surface area contributed by atoms with Gasteiger partial charge in [0.1, 0.15) is 0 Å². The summed E-state index contributed by atoms with van der Waals surface area (Å²) < 4.78 is 0. The number of hydrogen-bond acceptors (Lipinski definition) is 3. The van der Waals surface area contributed by atoms with Crippen molar-refractivity contribution < 1.29 is 4.79 Å². The second-order valence-electron chi connectivity index (χ2n) is 6.34. The SMILES string of the molecule is CCN(Cc1ccncc1)C(=O)c1ccc([C@@H]2CCCNC2)cc1. The van der Waals surface area contributed by atoms with Gasteiger partial charge in [0.15, 0.2) is 0 Å². The number of carbonyl (C=O) groups is 1. The zero-order chi connectivity index (χ0) is 16.8. The normalized spacial score (nSPS) is 17.5. The summed E-state index contributed by atoms with van der Waals surface area (Å²) in [6, 6.07) is 12.1. The van der Waals surface area contributed by atoms with Crippen LogP contribution in [0.15, 0.2) is 48.8 Å². The molecule has 4 heteroatoms. The summed E-state index contributed by atoms with van der Waals surface area (Å²) in [7, 11) is 0. The van der Waals surface area contributed by atoms with Crippen LogP contribution in [0.4, 0.5) is 0 Å². The van der Waals surface area contributed by atoms with Crippen molar-refractivity contribution >= 4 is 5.91 Å². The monoisotopic (exact) mass is 323 g/mol. The van der Waals surface area contributed by atoms with Crippen LogP contribution < -0.4 is 5.32 Å². The van der Waals surface area contributed by atoms with Crippen LogP contribution in [0.3, 0.4) is 0 Å². The summed E-state index contributed by atoms with van der Waals surface area (Å²) in [5, 5.41) is 3.45. The van der Waals surface area contributed by atoms with E-state index in [0.29, 0.717) is 19.0 Å². The van der Waals surface area contributed by atoms with Gasteiger partial charge in [-0.1, -0.05) is 12.1 Å². The van der Waals surface area contributed by atoms with Gasteiger partial charge in [-0.25, -0.2) is 0 Å².